The SMILES string of the molecule is C=CCn1c(S[C@H](C)C(=O)NC23CC4CC(CC(C4)C2)C3)nnc1-c1ccoc1C. The van der Waals surface area contributed by atoms with Gasteiger partial charge in [0.15, 0.2) is 11.0 Å². The van der Waals surface area contributed by atoms with Crippen molar-refractivity contribution >= 4 is 17.7 Å². The number of amides is 1. The Kier molecular flexibility index (Phi) is 5.04. The molecule has 0 spiro atoms. The summed E-state index contributed by atoms with van der Waals surface area (Å²) < 4.78 is 7.44. The zero-order valence-corrected chi connectivity index (χ0v) is 18.6. The average molecular weight is 427 g/mol. The monoisotopic (exact) mass is 426 g/mol. The molecule has 6 nitrogen and oxygen atoms in total. The van der Waals surface area contributed by atoms with Crippen LogP contribution in [0.25, 0.3) is 11.4 Å². The second-order valence-corrected chi connectivity index (χ2v) is 10.9. The van der Waals surface area contributed by atoms with E-state index >= 15 is 0 Å². The molecule has 0 unspecified atom stereocenters. The van der Waals surface area contributed by atoms with Crippen LogP contribution in [0.5, 0.6) is 0 Å². The molecule has 1 atom stereocenters. The molecule has 4 saturated carbocycles. The zero-order valence-electron chi connectivity index (χ0n) is 17.8. The summed E-state index contributed by atoms with van der Waals surface area (Å²) in [6.07, 6.45) is 11.1. The Labute approximate surface area is 181 Å². The quantitative estimate of drug-likeness (QED) is 0.517. The molecule has 0 saturated heterocycles. The molecular weight excluding hydrogens is 396 g/mol. The van der Waals surface area contributed by atoms with E-state index in [4.69, 9.17) is 4.42 Å². The highest BCUT2D eigenvalue weighted by Crippen LogP contribution is 2.55. The molecule has 4 bridgehead atoms. The summed E-state index contributed by atoms with van der Waals surface area (Å²) >= 11 is 1.47. The molecule has 6 rings (SSSR count). The van der Waals surface area contributed by atoms with Gasteiger partial charge in [0.05, 0.1) is 17.1 Å². The second kappa shape index (κ2) is 7.59. The van der Waals surface area contributed by atoms with Gasteiger partial charge in [-0.05, 0) is 76.2 Å². The molecule has 0 radical (unpaired) electrons. The maximum Gasteiger partial charge on any atom is 0.233 e. The van der Waals surface area contributed by atoms with Gasteiger partial charge in [0.25, 0.3) is 0 Å². The highest BCUT2D eigenvalue weighted by molar-refractivity contribution is 8.00. The van der Waals surface area contributed by atoms with Crippen LogP contribution in [-0.4, -0.2) is 31.5 Å². The Morgan fingerprint density at radius 1 is 1.33 bits per heavy atom. The van der Waals surface area contributed by atoms with Gasteiger partial charge in [0.1, 0.15) is 5.76 Å². The van der Waals surface area contributed by atoms with E-state index in [2.05, 4.69) is 22.1 Å². The molecule has 0 aromatic carbocycles. The number of hydrogen-bond acceptors (Lipinski definition) is 5. The first-order valence-corrected chi connectivity index (χ1v) is 11.9. The van der Waals surface area contributed by atoms with Gasteiger partial charge in [-0.1, -0.05) is 17.8 Å². The van der Waals surface area contributed by atoms with E-state index in [1.165, 1.54) is 50.3 Å². The van der Waals surface area contributed by atoms with Crippen molar-refractivity contribution in [2.75, 3.05) is 0 Å². The fourth-order valence-corrected chi connectivity index (χ4v) is 7.18. The van der Waals surface area contributed by atoms with Crippen LogP contribution in [0.2, 0.25) is 0 Å². The summed E-state index contributed by atoms with van der Waals surface area (Å²) in [4.78, 5) is 13.2. The third kappa shape index (κ3) is 3.51. The molecule has 1 amide bonds. The van der Waals surface area contributed by atoms with Crippen LogP contribution in [-0.2, 0) is 11.3 Å². The van der Waals surface area contributed by atoms with Crippen LogP contribution >= 0.6 is 11.8 Å². The highest BCUT2D eigenvalue weighted by atomic mass is 32.2. The minimum absolute atomic E-state index is 0.0362. The normalized spacial score (nSPS) is 30.4. The molecule has 2 aromatic heterocycles. The van der Waals surface area contributed by atoms with Gasteiger partial charge >= 0.3 is 0 Å². The van der Waals surface area contributed by atoms with Crippen LogP contribution in [0, 0.1) is 24.7 Å². The summed E-state index contributed by atoms with van der Waals surface area (Å²) in [5.41, 5.74) is 0.955. The van der Waals surface area contributed by atoms with Crippen LogP contribution in [0.1, 0.15) is 51.2 Å². The minimum atomic E-state index is -0.232. The Morgan fingerprint density at radius 2 is 2.00 bits per heavy atom. The zero-order chi connectivity index (χ0) is 20.9. The summed E-state index contributed by atoms with van der Waals surface area (Å²) in [5, 5.41) is 12.8. The predicted molar refractivity (Wildman–Crippen MR) is 117 cm³/mol. The topological polar surface area (TPSA) is 73.0 Å². The van der Waals surface area contributed by atoms with Crippen molar-refractivity contribution in [3.63, 3.8) is 0 Å². The lowest BCUT2D eigenvalue weighted by atomic mass is 9.53. The number of nitrogens with zero attached hydrogens (tertiary/aromatic N) is 3. The van der Waals surface area contributed by atoms with Gasteiger partial charge in [-0.15, -0.1) is 16.8 Å². The maximum atomic E-state index is 13.2. The predicted octanol–water partition coefficient (Wildman–Crippen LogP) is 4.60. The number of carbonyl (C=O) groups excluding carboxylic acids is 1. The van der Waals surface area contributed by atoms with E-state index < -0.39 is 0 Å². The average Bonchev–Trinajstić information content (AvgIpc) is 3.26. The Balaban J connectivity index is 1.31. The van der Waals surface area contributed by atoms with Crippen molar-refractivity contribution in [3.8, 4) is 11.4 Å². The van der Waals surface area contributed by atoms with Gasteiger partial charge in [0, 0.05) is 12.1 Å². The number of rotatable bonds is 7. The largest absolute Gasteiger partial charge is 0.469 e. The van der Waals surface area contributed by atoms with E-state index in [9.17, 15) is 4.79 Å². The molecule has 2 aromatic rings. The molecule has 4 aliphatic rings. The number of nitrogens with one attached hydrogen (secondary N) is 1. The van der Waals surface area contributed by atoms with E-state index in [0.717, 1.165) is 40.1 Å². The standard InChI is InChI=1S/C23H30N4O2S/c1-4-6-27-20(19-5-7-29-14(19)2)25-26-22(27)30-15(3)21(28)24-23-11-16-8-17(12-23)10-18(9-16)13-23/h4-5,7,15-18H,1,6,8-13H2,2-3H3,(H,24,28)/t15-,16?,17?,18?,23?/m1/s1. The first kappa shape index (κ1) is 19.9. The smallest absolute Gasteiger partial charge is 0.233 e. The van der Waals surface area contributed by atoms with Crippen LogP contribution in [0.15, 0.2) is 34.6 Å². The lowest BCUT2D eigenvalue weighted by Gasteiger charge is -2.57. The van der Waals surface area contributed by atoms with Gasteiger partial charge < -0.3 is 9.73 Å². The van der Waals surface area contributed by atoms with E-state index in [1.54, 1.807) is 6.26 Å². The highest BCUT2D eigenvalue weighted by Gasteiger charge is 2.51. The molecule has 160 valence electrons. The number of aryl methyl sites for hydroxylation is 1. The van der Waals surface area contributed by atoms with Gasteiger partial charge in [-0.3, -0.25) is 9.36 Å². The van der Waals surface area contributed by atoms with Crippen molar-refractivity contribution in [1.82, 2.24) is 20.1 Å². The van der Waals surface area contributed by atoms with E-state index in [0.29, 0.717) is 6.54 Å². The number of hydrogen-bond donors (Lipinski definition) is 1. The fourth-order valence-electron chi connectivity index (χ4n) is 6.32. The van der Waals surface area contributed by atoms with Gasteiger partial charge in [-0.2, -0.15) is 0 Å². The Morgan fingerprint density at radius 3 is 2.57 bits per heavy atom. The Hall–Kier alpha value is -2.02. The molecule has 4 fully saturated rings. The maximum absolute atomic E-state index is 13.2. The fraction of sp³-hybridized carbons (Fsp3) is 0.609. The van der Waals surface area contributed by atoms with Crippen LogP contribution in [0.4, 0.5) is 0 Å². The van der Waals surface area contributed by atoms with Crippen molar-refractivity contribution < 1.29 is 9.21 Å². The second-order valence-electron chi connectivity index (χ2n) is 9.54. The number of aromatic nitrogens is 3. The number of carbonyl (C=O) groups is 1. The van der Waals surface area contributed by atoms with Crippen molar-refractivity contribution in [2.24, 2.45) is 17.8 Å². The van der Waals surface area contributed by atoms with E-state index in [1.807, 2.05) is 30.6 Å². The first-order valence-electron chi connectivity index (χ1n) is 11.0. The molecule has 0 aliphatic heterocycles. The van der Waals surface area contributed by atoms with Crippen molar-refractivity contribution in [1.29, 1.82) is 0 Å². The van der Waals surface area contributed by atoms with Crippen LogP contribution < -0.4 is 5.32 Å². The molecular formula is C23H30N4O2S. The third-order valence-corrected chi connectivity index (χ3v) is 8.29. The molecule has 1 N–H and O–H groups in total. The summed E-state index contributed by atoms with van der Waals surface area (Å²) in [7, 11) is 0. The van der Waals surface area contributed by atoms with Gasteiger partial charge in [-0.25, -0.2) is 0 Å². The Bertz CT molecular complexity index is 927. The minimum Gasteiger partial charge on any atom is -0.469 e. The molecule has 2 heterocycles. The number of furan rings is 1. The first-order chi connectivity index (χ1) is 14.5. The summed E-state index contributed by atoms with van der Waals surface area (Å²) in [5.74, 6) is 4.12. The van der Waals surface area contributed by atoms with Crippen molar-refractivity contribution in [2.45, 2.75) is 74.9 Å². The summed E-state index contributed by atoms with van der Waals surface area (Å²) in [6.45, 7) is 8.33. The molecule has 30 heavy (non-hydrogen) atoms. The lowest BCUT2D eigenvalue weighted by Crippen LogP contribution is -2.60. The number of thioether (sulfide) groups is 1. The lowest BCUT2D eigenvalue weighted by molar-refractivity contribution is -0.126. The van der Waals surface area contributed by atoms with Crippen molar-refractivity contribution in [3.05, 3.63) is 30.7 Å². The van der Waals surface area contributed by atoms with Gasteiger partial charge in [0.2, 0.25) is 5.91 Å². The third-order valence-electron chi connectivity index (χ3n) is 7.21. The number of allylic oxidation sites excluding steroid dienone is 1. The van der Waals surface area contributed by atoms with Crippen LogP contribution in [0.3, 0.4) is 0 Å². The summed E-state index contributed by atoms with van der Waals surface area (Å²) in [6, 6.07) is 1.90. The molecule has 7 heteroatoms. The molecule has 4 aliphatic carbocycles. The van der Waals surface area contributed by atoms with E-state index in [-0.39, 0.29) is 16.7 Å².